The number of ether oxygens (including phenoxy) is 1. The number of likely N-dealkylation sites (tertiary alicyclic amines) is 1. The van der Waals surface area contributed by atoms with Crippen LogP contribution in [0.3, 0.4) is 0 Å². The maximum absolute atomic E-state index is 12.4. The molecule has 0 bridgehead atoms. The fraction of sp³-hybridized carbons (Fsp3) is 0.867. The summed E-state index contributed by atoms with van der Waals surface area (Å²) in [5.41, 5.74) is -0.815. The van der Waals surface area contributed by atoms with Gasteiger partial charge in [0, 0.05) is 26.7 Å². The van der Waals surface area contributed by atoms with Crippen LogP contribution in [0.15, 0.2) is 0 Å². The van der Waals surface area contributed by atoms with Crippen molar-refractivity contribution in [3.63, 3.8) is 0 Å². The normalized spacial score (nSPS) is 22.1. The molecule has 2 amide bonds. The van der Waals surface area contributed by atoms with Gasteiger partial charge in [-0.3, -0.25) is 4.79 Å². The molecule has 1 unspecified atom stereocenters. The number of likely N-dealkylation sites (N-methyl/N-ethyl adjacent to an activating group) is 1. The summed E-state index contributed by atoms with van der Waals surface area (Å²) < 4.78 is 5.44. The van der Waals surface area contributed by atoms with Crippen molar-refractivity contribution < 1.29 is 19.4 Å². The van der Waals surface area contributed by atoms with E-state index in [0.717, 1.165) is 0 Å². The molecule has 0 aromatic heterocycles. The van der Waals surface area contributed by atoms with Crippen LogP contribution in [0.25, 0.3) is 0 Å². The number of carbonyl (C=O) groups is 2. The number of aliphatic carboxylic acids is 1. The van der Waals surface area contributed by atoms with E-state index >= 15 is 0 Å². The highest BCUT2D eigenvalue weighted by molar-refractivity contribution is 5.80. The Morgan fingerprint density at radius 3 is 2.38 bits per heavy atom. The van der Waals surface area contributed by atoms with Crippen LogP contribution >= 0.6 is 0 Å². The van der Waals surface area contributed by atoms with Gasteiger partial charge in [0.2, 0.25) is 0 Å². The predicted molar refractivity (Wildman–Crippen MR) is 80.2 cm³/mol. The Morgan fingerprint density at radius 1 is 1.33 bits per heavy atom. The monoisotopic (exact) mass is 300 g/mol. The second-order valence-corrected chi connectivity index (χ2v) is 6.41. The lowest BCUT2D eigenvalue weighted by Crippen LogP contribution is -2.45. The number of nitrogens with zero attached hydrogens (tertiary/aromatic N) is 2. The number of hydrogen-bond donors (Lipinski definition) is 1. The highest BCUT2D eigenvalue weighted by Gasteiger charge is 2.48. The molecule has 1 aliphatic rings. The largest absolute Gasteiger partial charge is 0.481 e. The van der Waals surface area contributed by atoms with Gasteiger partial charge in [0.05, 0.1) is 18.1 Å². The van der Waals surface area contributed by atoms with Crippen molar-refractivity contribution in [2.75, 3.05) is 33.3 Å². The summed E-state index contributed by atoms with van der Waals surface area (Å²) in [6.07, 6.45) is 0.656. The molecule has 1 atom stereocenters. The van der Waals surface area contributed by atoms with E-state index in [-0.39, 0.29) is 24.6 Å². The van der Waals surface area contributed by atoms with Crippen molar-refractivity contribution in [2.24, 2.45) is 11.3 Å². The smallest absolute Gasteiger partial charge is 0.319 e. The molecule has 0 aliphatic carbocycles. The van der Waals surface area contributed by atoms with E-state index in [9.17, 15) is 14.7 Å². The van der Waals surface area contributed by atoms with Crippen molar-refractivity contribution in [1.29, 1.82) is 0 Å². The van der Waals surface area contributed by atoms with Gasteiger partial charge in [-0.25, -0.2) is 4.79 Å². The van der Waals surface area contributed by atoms with Crippen LogP contribution in [0.2, 0.25) is 0 Å². The minimum absolute atomic E-state index is 0.00220. The Labute approximate surface area is 127 Å². The van der Waals surface area contributed by atoms with E-state index in [2.05, 4.69) is 0 Å². The molecule has 0 saturated carbocycles. The van der Waals surface area contributed by atoms with Crippen LogP contribution in [0.1, 0.15) is 34.1 Å². The zero-order valence-corrected chi connectivity index (χ0v) is 13.8. The number of carbonyl (C=O) groups excluding carboxylic acids is 1. The number of carboxylic acid groups (broad SMARTS) is 1. The molecule has 6 nitrogen and oxygen atoms in total. The lowest BCUT2D eigenvalue weighted by atomic mass is 9.76. The van der Waals surface area contributed by atoms with Gasteiger partial charge < -0.3 is 19.6 Å². The first kappa shape index (κ1) is 17.8. The molecular formula is C15H28N2O4. The van der Waals surface area contributed by atoms with E-state index in [1.807, 2.05) is 27.7 Å². The third kappa shape index (κ3) is 4.09. The molecule has 1 heterocycles. The summed E-state index contributed by atoms with van der Waals surface area (Å²) in [6.45, 7) is 9.49. The molecule has 6 heteroatoms. The highest BCUT2D eigenvalue weighted by Crippen LogP contribution is 2.38. The van der Waals surface area contributed by atoms with Crippen molar-refractivity contribution in [2.45, 2.75) is 40.2 Å². The van der Waals surface area contributed by atoms with Gasteiger partial charge in [-0.1, -0.05) is 13.8 Å². The minimum Gasteiger partial charge on any atom is -0.481 e. The molecule has 1 N–H and O–H groups in total. The molecule has 0 aromatic rings. The summed E-state index contributed by atoms with van der Waals surface area (Å²) in [4.78, 5) is 27.2. The molecule has 21 heavy (non-hydrogen) atoms. The maximum Gasteiger partial charge on any atom is 0.319 e. The summed E-state index contributed by atoms with van der Waals surface area (Å²) in [5.74, 6) is -0.805. The maximum atomic E-state index is 12.4. The Bertz CT molecular complexity index is 384. The number of urea groups is 1. The van der Waals surface area contributed by atoms with Crippen LogP contribution in [-0.2, 0) is 9.53 Å². The standard InChI is InChI=1S/C15H28N2O4/c1-11(2)15(13(18)19)6-7-17(10-15)14(20)16(5)8-9-21-12(3)4/h11-12H,6-10H2,1-5H3,(H,18,19). The average molecular weight is 300 g/mol. The fourth-order valence-electron chi connectivity index (χ4n) is 2.65. The SMILES string of the molecule is CC(C)OCCN(C)C(=O)N1CCC(C(=O)O)(C(C)C)C1. The molecule has 0 spiro atoms. The summed E-state index contributed by atoms with van der Waals surface area (Å²) in [6, 6.07) is -0.119. The van der Waals surface area contributed by atoms with Crippen molar-refractivity contribution in [1.82, 2.24) is 9.80 Å². The van der Waals surface area contributed by atoms with Crippen molar-refractivity contribution >= 4 is 12.0 Å². The van der Waals surface area contributed by atoms with Gasteiger partial charge in [0.25, 0.3) is 0 Å². The molecule has 1 saturated heterocycles. The van der Waals surface area contributed by atoms with Gasteiger partial charge >= 0.3 is 12.0 Å². The Hall–Kier alpha value is -1.30. The van der Waals surface area contributed by atoms with Gasteiger partial charge in [0.1, 0.15) is 0 Å². The van der Waals surface area contributed by atoms with Crippen LogP contribution in [0, 0.1) is 11.3 Å². The summed E-state index contributed by atoms with van der Waals surface area (Å²) in [7, 11) is 1.72. The molecule has 122 valence electrons. The van der Waals surface area contributed by atoms with E-state index in [1.54, 1.807) is 16.8 Å². The number of carboxylic acids is 1. The van der Waals surface area contributed by atoms with Gasteiger partial charge in [-0.15, -0.1) is 0 Å². The topological polar surface area (TPSA) is 70.1 Å². The third-order valence-electron chi connectivity index (χ3n) is 4.31. The number of amides is 2. The second-order valence-electron chi connectivity index (χ2n) is 6.41. The number of rotatable bonds is 6. The Morgan fingerprint density at radius 2 is 1.95 bits per heavy atom. The molecule has 1 fully saturated rings. The van der Waals surface area contributed by atoms with Gasteiger partial charge in [0.15, 0.2) is 0 Å². The molecule has 1 aliphatic heterocycles. The minimum atomic E-state index is -0.815. The lowest BCUT2D eigenvalue weighted by molar-refractivity contribution is -0.150. The first-order valence-electron chi connectivity index (χ1n) is 7.55. The van der Waals surface area contributed by atoms with E-state index in [4.69, 9.17) is 4.74 Å². The van der Waals surface area contributed by atoms with Crippen LogP contribution in [-0.4, -0.2) is 66.3 Å². The lowest BCUT2D eigenvalue weighted by Gasteiger charge is -2.30. The van der Waals surface area contributed by atoms with Crippen LogP contribution in [0.4, 0.5) is 4.79 Å². The molecule has 1 rings (SSSR count). The zero-order valence-electron chi connectivity index (χ0n) is 13.8. The van der Waals surface area contributed by atoms with E-state index in [0.29, 0.717) is 26.1 Å². The molecule has 0 radical (unpaired) electrons. The van der Waals surface area contributed by atoms with E-state index in [1.165, 1.54) is 0 Å². The first-order valence-corrected chi connectivity index (χ1v) is 7.55. The predicted octanol–water partition coefficient (Wildman–Crippen LogP) is 1.90. The van der Waals surface area contributed by atoms with Crippen LogP contribution in [0.5, 0.6) is 0 Å². The first-order chi connectivity index (χ1) is 9.70. The molecule has 0 aromatic carbocycles. The summed E-state index contributed by atoms with van der Waals surface area (Å²) >= 11 is 0. The molecular weight excluding hydrogens is 272 g/mol. The van der Waals surface area contributed by atoms with Crippen LogP contribution < -0.4 is 0 Å². The number of hydrogen-bond acceptors (Lipinski definition) is 3. The van der Waals surface area contributed by atoms with Gasteiger partial charge in [-0.05, 0) is 26.2 Å². The van der Waals surface area contributed by atoms with Crippen molar-refractivity contribution in [3.8, 4) is 0 Å². The van der Waals surface area contributed by atoms with E-state index < -0.39 is 11.4 Å². The third-order valence-corrected chi connectivity index (χ3v) is 4.31. The Balaban J connectivity index is 2.59. The highest BCUT2D eigenvalue weighted by atomic mass is 16.5. The van der Waals surface area contributed by atoms with Gasteiger partial charge in [-0.2, -0.15) is 0 Å². The Kier molecular flexibility index (Phi) is 6.01. The second kappa shape index (κ2) is 7.11. The quantitative estimate of drug-likeness (QED) is 0.813. The van der Waals surface area contributed by atoms with Crippen molar-refractivity contribution in [3.05, 3.63) is 0 Å². The zero-order chi connectivity index (χ0) is 16.2. The average Bonchev–Trinajstić information content (AvgIpc) is 2.83. The fourth-order valence-corrected chi connectivity index (χ4v) is 2.65. The summed E-state index contributed by atoms with van der Waals surface area (Å²) in [5, 5.41) is 9.50.